The van der Waals surface area contributed by atoms with Gasteiger partial charge in [-0.25, -0.2) is 0 Å². The lowest BCUT2D eigenvalue weighted by Gasteiger charge is -2.36. The molecule has 1 rings (SSSR count). The average molecular weight is 414 g/mol. The Balaban J connectivity index is 2.62. The van der Waals surface area contributed by atoms with Gasteiger partial charge in [-0.2, -0.15) is 5.26 Å². The molecule has 0 saturated heterocycles. The van der Waals surface area contributed by atoms with E-state index in [1.54, 1.807) is 13.0 Å². The summed E-state index contributed by atoms with van der Waals surface area (Å²) in [6, 6.07) is 12.1. The highest BCUT2D eigenvalue weighted by molar-refractivity contribution is 6.74. The van der Waals surface area contributed by atoms with Crippen molar-refractivity contribution >= 4 is 14.1 Å². The largest absolute Gasteiger partial charge is 0.395 e. The van der Waals surface area contributed by atoms with Gasteiger partial charge in [-0.05, 0) is 62.0 Å². The maximum atomic E-state index is 12.6. The van der Waals surface area contributed by atoms with Gasteiger partial charge in [0.05, 0.1) is 11.7 Å². The number of nitrogens with zero attached hydrogens (tertiary/aromatic N) is 1. The fraction of sp³-hybridized carbons (Fsp3) is 0.500. The summed E-state index contributed by atoms with van der Waals surface area (Å²) >= 11 is 0. The molecule has 4 nitrogen and oxygen atoms in total. The molecule has 0 radical (unpaired) electrons. The van der Waals surface area contributed by atoms with E-state index in [1.165, 1.54) is 5.56 Å². The standard InChI is InChI=1S/C24H35NO3Si/c1-19(12-11-15-21-13-9-8-10-14-21)23(26)22(17-25)16-20(2)27-18-28-29(6,7)24(3,4)5/h8-10,12-14,16,20H,11,15,18H2,1-7H3/b19-12+,22-16+/t20-/m0/s1. The number of allylic oxidation sites excluding steroid dienone is 3. The molecule has 1 atom stereocenters. The van der Waals surface area contributed by atoms with Crippen LogP contribution in [0.5, 0.6) is 0 Å². The SMILES string of the molecule is C/C(=C\CCc1ccccc1)C(=O)/C(C#N)=C/[C@H](C)OCO[Si](C)(C)C(C)(C)C. The van der Waals surface area contributed by atoms with Gasteiger partial charge in [0.1, 0.15) is 12.9 Å². The molecular formula is C24H35NO3Si. The lowest BCUT2D eigenvalue weighted by atomic mass is 10.0. The molecule has 0 heterocycles. The topological polar surface area (TPSA) is 59.3 Å². The van der Waals surface area contributed by atoms with E-state index in [0.29, 0.717) is 5.57 Å². The quantitative estimate of drug-likeness (QED) is 0.205. The van der Waals surface area contributed by atoms with Crippen LogP contribution in [0, 0.1) is 11.3 Å². The van der Waals surface area contributed by atoms with Crippen molar-refractivity contribution in [1.29, 1.82) is 5.26 Å². The van der Waals surface area contributed by atoms with Gasteiger partial charge in [-0.15, -0.1) is 0 Å². The van der Waals surface area contributed by atoms with Gasteiger partial charge >= 0.3 is 0 Å². The zero-order chi connectivity index (χ0) is 22.1. The van der Waals surface area contributed by atoms with Crippen LogP contribution in [0.25, 0.3) is 0 Å². The van der Waals surface area contributed by atoms with E-state index < -0.39 is 8.32 Å². The number of hydrogen-bond acceptors (Lipinski definition) is 4. The zero-order valence-corrected chi connectivity index (χ0v) is 19.9. The predicted octanol–water partition coefficient (Wildman–Crippen LogP) is 5.97. The van der Waals surface area contributed by atoms with Crippen LogP contribution in [0.15, 0.2) is 53.6 Å². The van der Waals surface area contributed by atoms with E-state index in [0.717, 1.165) is 12.8 Å². The van der Waals surface area contributed by atoms with Crippen LogP contribution in [0.2, 0.25) is 18.1 Å². The Labute approximate surface area is 177 Å². The summed E-state index contributed by atoms with van der Waals surface area (Å²) in [5.41, 5.74) is 1.92. The third kappa shape index (κ3) is 8.49. The van der Waals surface area contributed by atoms with E-state index in [2.05, 4.69) is 46.0 Å². The van der Waals surface area contributed by atoms with E-state index in [1.807, 2.05) is 37.3 Å². The molecule has 0 N–H and O–H groups in total. The Morgan fingerprint density at radius 3 is 2.41 bits per heavy atom. The second-order valence-electron chi connectivity index (χ2n) is 8.83. The van der Waals surface area contributed by atoms with Gasteiger partial charge in [-0.1, -0.05) is 57.2 Å². The van der Waals surface area contributed by atoms with Crippen LogP contribution in [0.4, 0.5) is 0 Å². The maximum absolute atomic E-state index is 12.6. The second-order valence-corrected chi connectivity index (χ2v) is 13.6. The molecule has 0 unspecified atom stereocenters. The fourth-order valence-corrected chi connectivity index (χ4v) is 3.15. The lowest BCUT2D eigenvalue weighted by molar-refractivity contribution is -0.112. The zero-order valence-electron chi connectivity index (χ0n) is 18.9. The number of Topliss-reactive ketones (excluding diaryl/α,β-unsaturated/α-hetero) is 1. The van der Waals surface area contributed by atoms with Crippen molar-refractivity contribution in [3.8, 4) is 6.07 Å². The van der Waals surface area contributed by atoms with E-state index >= 15 is 0 Å². The Bertz CT molecular complexity index is 768. The highest BCUT2D eigenvalue weighted by Crippen LogP contribution is 2.36. The summed E-state index contributed by atoms with van der Waals surface area (Å²) < 4.78 is 11.7. The molecule has 29 heavy (non-hydrogen) atoms. The number of benzene rings is 1. The van der Waals surface area contributed by atoms with Crippen LogP contribution in [0.3, 0.4) is 0 Å². The summed E-state index contributed by atoms with van der Waals surface area (Å²) in [7, 11) is -1.89. The van der Waals surface area contributed by atoms with Crippen molar-refractivity contribution in [1.82, 2.24) is 0 Å². The summed E-state index contributed by atoms with van der Waals surface area (Å²) in [6.07, 6.45) is 4.71. The Hall–Kier alpha value is -2.00. The molecule has 0 fully saturated rings. The summed E-state index contributed by atoms with van der Waals surface area (Å²) in [4.78, 5) is 12.6. The number of nitriles is 1. The Morgan fingerprint density at radius 1 is 1.24 bits per heavy atom. The van der Waals surface area contributed by atoms with Gasteiger partial charge in [0.15, 0.2) is 14.1 Å². The number of carbonyl (C=O) groups excluding carboxylic acids is 1. The van der Waals surface area contributed by atoms with Crippen LogP contribution in [0.1, 0.15) is 46.6 Å². The minimum absolute atomic E-state index is 0.102. The van der Waals surface area contributed by atoms with Gasteiger partial charge < -0.3 is 9.16 Å². The summed E-state index contributed by atoms with van der Waals surface area (Å²) in [5, 5.41) is 9.51. The van der Waals surface area contributed by atoms with E-state index in [9.17, 15) is 10.1 Å². The number of hydrogen-bond donors (Lipinski definition) is 0. The number of rotatable bonds is 10. The van der Waals surface area contributed by atoms with Gasteiger partial charge in [0.25, 0.3) is 0 Å². The molecule has 0 aliphatic heterocycles. The van der Waals surface area contributed by atoms with Crippen LogP contribution in [-0.2, 0) is 20.4 Å². The maximum Gasteiger partial charge on any atom is 0.198 e. The van der Waals surface area contributed by atoms with Gasteiger partial charge in [0, 0.05) is 0 Å². The first-order valence-electron chi connectivity index (χ1n) is 10.1. The second kappa shape index (κ2) is 11.3. The van der Waals surface area contributed by atoms with Gasteiger partial charge in [-0.3, -0.25) is 4.79 Å². The third-order valence-electron chi connectivity index (χ3n) is 5.41. The third-order valence-corrected chi connectivity index (χ3v) is 9.86. The Morgan fingerprint density at radius 2 is 1.86 bits per heavy atom. The predicted molar refractivity (Wildman–Crippen MR) is 121 cm³/mol. The van der Waals surface area contributed by atoms with Crippen LogP contribution >= 0.6 is 0 Å². The van der Waals surface area contributed by atoms with Crippen molar-refractivity contribution in [2.75, 3.05) is 6.79 Å². The summed E-state index contributed by atoms with van der Waals surface area (Å²) in [5.74, 6) is -0.249. The lowest BCUT2D eigenvalue weighted by Crippen LogP contribution is -2.41. The van der Waals surface area contributed by atoms with Crippen molar-refractivity contribution in [3.05, 3.63) is 59.2 Å². The molecule has 0 aliphatic carbocycles. The van der Waals surface area contributed by atoms with Crippen molar-refractivity contribution in [2.24, 2.45) is 0 Å². The molecule has 0 spiro atoms. The summed E-state index contributed by atoms with van der Waals surface area (Å²) in [6.45, 7) is 14.5. The monoisotopic (exact) mass is 413 g/mol. The molecule has 0 aromatic heterocycles. The highest BCUT2D eigenvalue weighted by Gasteiger charge is 2.37. The normalized spacial score (nSPS) is 14.4. The highest BCUT2D eigenvalue weighted by atomic mass is 28.4. The number of carbonyl (C=O) groups is 1. The van der Waals surface area contributed by atoms with Crippen LogP contribution < -0.4 is 0 Å². The van der Waals surface area contributed by atoms with Gasteiger partial charge in [0.2, 0.25) is 0 Å². The molecule has 0 amide bonds. The van der Waals surface area contributed by atoms with Crippen molar-refractivity contribution in [2.45, 2.75) is 71.7 Å². The molecule has 0 bridgehead atoms. The first-order valence-corrected chi connectivity index (χ1v) is 13.0. The fourth-order valence-electron chi connectivity index (χ4n) is 2.36. The minimum Gasteiger partial charge on any atom is -0.395 e. The molecule has 1 aromatic rings. The van der Waals surface area contributed by atoms with Crippen molar-refractivity contribution < 1.29 is 14.0 Å². The van der Waals surface area contributed by atoms with Crippen molar-refractivity contribution in [3.63, 3.8) is 0 Å². The van der Waals surface area contributed by atoms with E-state index in [4.69, 9.17) is 9.16 Å². The molecule has 0 aliphatic rings. The Kier molecular flexibility index (Phi) is 9.71. The minimum atomic E-state index is -1.89. The molecular weight excluding hydrogens is 378 g/mol. The number of ketones is 1. The average Bonchev–Trinajstić information content (AvgIpc) is 2.65. The number of ether oxygens (including phenoxy) is 1. The van der Waals surface area contributed by atoms with E-state index in [-0.39, 0.29) is 29.3 Å². The molecule has 158 valence electrons. The first-order chi connectivity index (χ1) is 13.5. The van der Waals surface area contributed by atoms with Crippen LogP contribution in [-0.4, -0.2) is 27.0 Å². The molecule has 0 saturated carbocycles. The smallest absolute Gasteiger partial charge is 0.198 e. The molecule has 5 heteroatoms. The number of aryl methyl sites for hydroxylation is 1. The first kappa shape index (κ1) is 25.0. The molecule has 1 aromatic carbocycles.